The lowest BCUT2D eigenvalue weighted by molar-refractivity contribution is 0.0712. The Bertz CT molecular complexity index is 981. The van der Waals surface area contributed by atoms with Crippen LogP contribution in [-0.2, 0) is 19.4 Å². The highest BCUT2D eigenvalue weighted by Gasteiger charge is 2.25. The molecule has 5 nitrogen and oxygen atoms in total. The van der Waals surface area contributed by atoms with E-state index < -0.39 is 0 Å². The molecule has 1 aromatic carbocycles. The molecule has 2 N–H and O–H groups in total. The molecule has 0 saturated carbocycles. The highest BCUT2D eigenvalue weighted by Crippen LogP contribution is 2.28. The Morgan fingerprint density at radius 3 is 2.37 bits per heavy atom. The van der Waals surface area contributed by atoms with Crippen LogP contribution in [0, 0.1) is 0 Å². The maximum atomic E-state index is 13.0. The second-order valence-corrected chi connectivity index (χ2v) is 7.96. The maximum Gasteiger partial charge on any atom is 0.255 e. The first-order valence-electron chi connectivity index (χ1n) is 10.6. The van der Waals surface area contributed by atoms with Crippen LogP contribution in [0.4, 0.5) is 0 Å². The number of likely N-dealkylation sites (tertiary alicyclic amines) is 1. The molecule has 1 fully saturated rings. The number of hydrogen-bond acceptors (Lipinski definition) is 4. The molecule has 0 bridgehead atoms. The van der Waals surface area contributed by atoms with Gasteiger partial charge in [0, 0.05) is 44.4 Å². The minimum absolute atomic E-state index is 0.0799. The topological polar surface area (TPSA) is 72.1 Å². The van der Waals surface area contributed by atoms with E-state index in [4.69, 9.17) is 5.73 Å². The summed E-state index contributed by atoms with van der Waals surface area (Å²) in [6.45, 7) is 2.01. The number of benzene rings is 1. The van der Waals surface area contributed by atoms with Gasteiger partial charge in [0.15, 0.2) is 0 Å². The van der Waals surface area contributed by atoms with Crippen LogP contribution in [-0.4, -0.2) is 33.9 Å². The zero-order valence-electron chi connectivity index (χ0n) is 17.2. The predicted octanol–water partition coefficient (Wildman–Crippen LogP) is 3.74. The number of carbonyl (C=O) groups excluding carboxylic acids is 1. The molecule has 4 rings (SSSR count). The van der Waals surface area contributed by atoms with Crippen LogP contribution < -0.4 is 5.73 Å². The number of nitrogens with zero attached hydrogens (tertiary/aromatic N) is 3. The van der Waals surface area contributed by atoms with Crippen molar-refractivity contribution < 1.29 is 4.79 Å². The number of aryl methyl sites for hydroxylation is 2. The molecule has 0 unspecified atom stereocenters. The first-order chi connectivity index (χ1) is 14.7. The Kier molecular flexibility index (Phi) is 6.50. The van der Waals surface area contributed by atoms with Crippen molar-refractivity contribution in [3.05, 3.63) is 95.1 Å². The molecule has 3 aromatic rings. The lowest BCUT2D eigenvalue weighted by Gasteiger charge is -2.32. The smallest absolute Gasteiger partial charge is 0.255 e. The molecule has 1 amide bonds. The van der Waals surface area contributed by atoms with E-state index in [9.17, 15) is 4.79 Å². The normalized spacial score (nSPS) is 14.6. The first-order valence-corrected chi connectivity index (χ1v) is 10.6. The summed E-state index contributed by atoms with van der Waals surface area (Å²) in [6.07, 6.45) is 11.0. The van der Waals surface area contributed by atoms with E-state index in [-0.39, 0.29) is 5.91 Å². The third kappa shape index (κ3) is 4.92. The van der Waals surface area contributed by atoms with Crippen LogP contribution in [0.15, 0.2) is 67.3 Å². The largest absolute Gasteiger partial charge is 0.339 e. The summed E-state index contributed by atoms with van der Waals surface area (Å²) >= 11 is 0. The average Bonchev–Trinajstić information content (AvgIpc) is 2.83. The standard InChI is InChI=1S/C25H28N4O/c26-14-21-13-23(17-28-16-21)22-8-10-29(11-9-22)25(30)24-12-20(15-27-18-24)7-6-19-4-2-1-3-5-19/h1-5,12-13,15-18,22H,6-11,14,26H2. The van der Waals surface area contributed by atoms with Crippen LogP contribution in [0.3, 0.4) is 0 Å². The molecule has 1 aliphatic rings. The van der Waals surface area contributed by atoms with E-state index >= 15 is 0 Å². The summed E-state index contributed by atoms with van der Waals surface area (Å²) in [4.78, 5) is 23.6. The van der Waals surface area contributed by atoms with Crippen LogP contribution in [0.2, 0.25) is 0 Å². The Labute approximate surface area is 178 Å². The molecule has 2 aromatic heterocycles. The van der Waals surface area contributed by atoms with E-state index in [1.54, 1.807) is 6.20 Å². The van der Waals surface area contributed by atoms with Gasteiger partial charge in [0.25, 0.3) is 5.91 Å². The number of aromatic nitrogens is 2. The van der Waals surface area contributed by atoms with Gasteiger partial charge in [0.1, 0.15) is 0 Å². The average molecular weight is 401 g/mol. The van der Waals surface area contributed by atoms with Gasteiger partial charge in [0.05, 0.1) is 5.56 Å². The van der Waals surface area contributed by atoms with Gasteiger partial charge in [-0.1, -0.05) is 36.4 Å². The highest BCUT2D eigenvalue weighted by molar-refractivity contribution is 5.94. The van der Waals surface area contributed by atoms with Gasteiger partial charge in [-0.05, 0) is 59.9 Å². The number of amides is 1. The van der Waals surface area contributed by atoms with Crippen LogP contribution in [0.5, 0.6) is 0 Å². The van der Waals surface area contributed by atoms with Crippen molar-refractivity contribution in [3.63, 3.8) is 0 Å². The Morgan fingerprint density at radius 1 is 0.900 bits per heavy atom. The summed E-state index contributed by atoms with van der Waals surface area (Å²) in [5, 5.41) is 0. The number of nitrogens with two attached hydrogens (primary N) is 1. The first kappa shape index (κ1) is 20.2. The number of carbonyl (C=O) groups is 1. The Hall–Kier alpha value is -3.05. The Balaban J connectivity index is 1.36. The van der Waals surface area contributed by atoms with E-state index in [1.807, 2.05) is 35.6 Å². The molecule has 154 valence electrons. The van der Waals surface area contributed by atoms with Crippen molar-refractivity contribution in [1.82, 2.24) is 14.9 Å². The molecule has 1 saturated heterocycles. The van der Waals surface area contributed by atoms with Gasteiger partial charge in [0.2, 0.25) is 0 Å². The summed E-state index contributed by atoms with van der Waals surface area (Å²) in [6, 6.07) is 14.5. The van der Waals surface area contributed by atoms with Crippen molar-refractivity contribution in [3.8, 4) is 0 Å². The molecule has 5 heteroatoms. The van der Waals surface area contributed by atoms with Crippen molar-refractivity contribution in [2.75, 3.05) is 13.1 Å². The fourth-order valence-corrected chi connectivity index (χ4v) is 4.12. The monoisotopic (exact) mass is 400 g/mol. The van der Waals surface area contributed by atoms with Crippen molar-refractivity contribution in [1.29, 1.82) is 0 Å². The van der Waals surface area contributed by atoms with Crippen molar-refractivity contribution in [2.24, 2.45) is 5.73 Å². The third-order valence-electron chi connectivity index (χ3n) is 5.89. The third-order valence-corrected chi connectivity index (χ3v) is 5.89. The molecule has 1 aliphatic heterocycles. The molecule has 0 aliphatic carbocycles. The summed E-state index contributed by atoms with van der Waals surface area (Å²) < 4.78 is 0. The zero-order valence-corrected chi connectivity index (χ0v) is 17.2. The van der Waals surface area contributed by atoms with Gasteiger partial charge < -0.3 is 10.6 Å². The van der Waals surface area contributed by atoms with E-state index in [1.165, 1.54) is 11.1 Å². The summed E-state index contributed by atoms with van der Waals surface area (Å²) in [7, 11) is 0. The molecule has 30 heavy (non-hydrogen) atoms. The summed E-state index contributed by atoms with van der Waals surface area (Å²) in [5.74, 6) is 0.514. The number of pyridine rings is 2. The van der Waals surface area contributed by atoms with Gasteiger partial charge in [-0.25, -0.2) is 0 Å². The van der Waals surface area contributed by atoms with Crippen molar-refractivity contribution in [2.45, 2.75) is 38.1 Å². The number of rotatable bonds is 6. The SMILES string of the molecule is NCc1cncc(C2CCN(C(=O)c3cncc(CCc4ccccc4)c3)CC2)c1. The van der Waals surface area contributed by atoms with Gasteiger partial charge in [-0.2, -0.15) is 0 Å². The van der Waals surface area contributed by atoms with Gasteiger partial charge in [-0.3, -0.25) is 14.8 Å². The van der Waals surface area contributed by atoms with E-state index in [0.29, 0.717) is 18.0 Å². The molecule has 0 spiro atoms. The summed E-state index contributed by atoms with van der Waals surface area (Å²) in [5.41, 5.74) is 11.1. The highest BCUT2D eigenvalue weighted by atomic mass is 16.2. The number of hydrogen-bond donors (Lipinski definition) is 1. The van der Waals surface area contributed by atoms with Crippen LogP contribution in [0.25, 0.3) is 0 Å². The minimum Gasteiger partial charge on any atom is -0.339 e. The van der Waals surface area contributed by atoms with Crippen LogP contribution >= 0.6 is 0 Å². The van der Waals surface area contributed by atoms with E-state index in [2.05, 4.69) is 40.3 Å². The molecule has 0 atom stereocenters. The van der Waals surface area contributed by atoms with Crippen molar-refractivity contribution >= 4 is 5.91 Å². The fourth-order valence-electron chi connectivity index (χ4n) is 4.12. The molecular weight excluding hydrogens is 372 g/mol. The second-order valence-electron chi connectivity index (χ2n) is 7.96. The fraction of sp³-hybridized carbons (Fsp3) is 0.320. The molecular formula is C25H28N4O. The lowest BCUT2D eigenvalue weighted by atomic mass is 9.89. The quantitative estimate of drug-likeness (QED) is 0.684. The van der Waals surface area contributed by atoms with Gasteiger partial charge >= 0.3 is 0 Å². The zero-order chi connectivity index (χ0) is 20.8. The minimum atomic E-state index is 0.0799. The molecule has 3 heterocycles. The number of piperidine rings is 1. The predicted molar refractivity (Wildman–Crippen MR) is 118 cm³/mol. The van der Waals surface area contributed by atoms with E-state index in [0.717, 1.165) is 49.9 Å². The Morgan fingerprint density at radius 2 is 1.60 bits per heavy atom. The second kappa shape index (κ2) is 9.63. The van der Waals surface area contributed by atoms with Gasteiger partial charge in [-0.15, -0.1) is 0 Å². The lowest BCUT2D eigenvalue weighted by Crippen LogP contribution is -2.38. The molecule has 0 radical (unpaired) electrons. The maximum absolute atomic E-state index is 13.0. The van der Waals surface area contributed by atoms with Crippen LogP contribution in [0.1, 0.15) is 51.4 Å².